The van der Waals surface area contributed by atoms with E-state index in [1.54, 1.807) is 0 Å². The molecule has 0 aromatic rings. The molecule has 0 aliphatic carbocycles. The first kappa shape index (κ1) is 15.2. The second-order valence-corrected chi connectivity index (χ2v) is 6.84. The third-order valence-electron chi connectivity index (χ3n) is 1.96. The second-order valence-electron chi connectivity index (χ2n) is 6.84. The zero-order chi connectivity index (χ0) is 13.0. The van der Waals surface area contributed by atoms with E-state index in [9.17, 15) is 0 Å². The van der Waals surface area contributed by atoms with E-state index in [1.165, 1.54) is 11.1 Å². The molecule has 0 aromatic heterocycles. The predicted molar refractivity (Wildman–Crippen MR) is 75.6 cm³/mol. The average molecular weight is 220 g/mol. The lowest BCUT2D eigenvalue weighted by molar-refractivity contribution is 0.541. The van der Waals surface area contributed by atoms with Gasteiger partial charge in [0.15, 0.2) is 0 Å². The normalized spacial score (nSPS) is 16.0. The lowest BCUT2D eigenvalue weighted by atomic mass is 9.92. The molecule has 0 aromatic carbocycles. The van der Waals surface area contributed by atoms with Gasteiger partial charge >= 0.3 is 0 Å². The van der Waals surface area contributed by atoms with Crippen molar-refractivity contribution in [3.63, 3.8) is 0 Å². The fourth-order valence-corrected chi connectivity index (χ4v) is 1.51. The Balaban J connectivity index is 4.69. The summed E-state index contributed by atoms with van der Waals surface area (Å²) in [4.78, 5) is 0. The van der Waals surface area contributed by atoms with Gasteiger partial charge in [-0.3, -0.25) is 0 Å². The van der Waals surface area contributed by atoms with Gasteiger partial charge in [0.25, 0.3) is 0 Å². The first-order valence-electron chi connectivity index (χ1n) is 6.07. The number of allylic oxidation sites excluding steroid dienone is 6. The highest BCUT2D eigenvalue weighted by Crippen LogP contribution is 2.20. The zero-order valence-electron chi connectivity index (χ0n) is 12.3. The van der Waals surface area contributed by atoms with E-state index in [4.69, 9.17) is 0 Å². The molecule has 0 heterocycles. The molecule has 0 aliphatic rings. The van der Waals surface area contributed by atoms with Crippen LogP contribution in [-0.2, 0) is 0 Å². The Bertz CT molecular complexity index is 298. The van der Waals surface area contributed by atoms with Crippen molar-refractivity contribution in [3.8, 4) is 0 Å². The third-order valence-corrected chi connectivity index (χ3v) is 1.96. The van der Waals surface area contributed by atoms with Crippen LogP contribution in [0, 0.1) is 10.8 Å². The van der Waals surface area contributed by atoms with E-state index in [0.717, 1.165) is 0 Å². The van der Waals surface area contributed by atoms with E-state index < -0.39 is 0 Å². The zero-order valence-corrected chi connectivity index (χ0v) is 12.3. The van der Waals surface area contributed by atoms with Gasteiger partial charge < -0.3 is 0 Å². The van der Waals surface area contributed by atoms with Crippen molar-refractivity contribution >= 4 is 0 Å². The van der Waals surface area contributed by atoms with Gasteiger partial charge in [0, 0.05) is 0 Å². The maximum Gasteiger partial charge on any atom is -0.0197 e. The van der Waals surface area contributed by atoms with E-state index in [1.807, 2.05) is 0 Å². The maximum absolute atomic E-state index is 2.31. The van der Waals surface area contributed by atoms with Gasteiger partial charge in [0.05, 0.1) is 0 Å². The van der Waals surface area contributed by atoms with Gasteiger partial charge in [0.1, 0.15) is 0 Å². The van der Waals surface area contributed by atoms with Crippen molar-refractivity contribution in [2.75, 3.05) is 0 Å². The average Bonchev–Trinajstić information content (AvgIpc) is 1.95. The lowest BCUT2D eigenvalue weighted by Crippen LogP contribution is -2.00. The molecular weight excluding hydrogens is 192 g/mol. The number of rotatable bonds is 2. The molecule has 0 rings (SSSR count). The van der Waals surface area contributed by atoms with E-state index in [0.29, 0.717) is 0 Å². The van der Waals surface area contributed by atoms with Crippen molar-refractivity contribution in [2.45, 2.75) is 55.4 Å². The quantitative estimate of drug-likeness (QED) is 0.537. The van der Waals surface area contributed by atoms with Crippen molar-refractivity contribution in [1.82, 2.24) is 0 Å². The molecule has 0 nitrogen and oxygen atoms in total. The van der Waals surface area contributed by atoms with Crippen LogP contribution >= 0.6 is 0 Å². The smallest absolute Gasteiger partial charge is 0.0197 e. The van der Waals surface area contributed by atoms with Crippen LogP contribution in [0.25, 0.3) is 0 Å². The summed E-state index contributed by atoms with van der Waals surface area (Å²) < 4.78 is 0. The Morgan fingerprint density at radius 1 is 0.750 bits per heavy atom. The Hall–Kier alpha value is -0.780. The highest BCUT2D eigenvalue weighted by atomic mass is 14.1. The Kier molecular flexibility index (Phi) is 5.25. The molecule has 0 amide bonds. The minimum absolute atomic E-state index is 0.259. The van der Waals surface area contributed by atoms with Gasteiger partial charge in [-0.2, -0.15) is 0 Å². The standard InChI is InChI=1S/C16H28/c1-13(9-10-15(3,4)5)11-14(2)12-16(6,7)8/h9-12H,1-8H3/b10-9+,13-11+,14-12+. The van der Waals surface area contributed by atoms with Crippen LogP contribution in [-0.4, -0.2) is 0 Å². The van der Waals surface area contributed by atoms with Gasteiger partial charge in [-0.15, -0.1) is 0 Å². The highest BCUT2D eigenvalue weighted by Gasteiger charge is 2.05. The molecular formula is C16H28. The number of hydrogen-bond donors (Lipinski definition) is 0. The summed E-state index contributed by atoms with van der Waals surface area (Å²) >= 11 is 0. The maximum atomic E-state index is 2.31. The molecule has 92 valence electrons. The molecule has 0 saturated heterocycles. The first-order valence-corrected chi connectivity index (χ1v) is 6.07. The van der Waals surface area contributed by atoms with Gasteiger partial charge in [0.2, 0.25) is 0 Å². The molecule has 0 saturated carbocycles. The second kappa shape index (κ2) is 5.52. The van der Waals surface area contributed by atoms with Crippen LogP contribution in [0.15, 0.2) is 35.5 Å². The molecule has 0 radical (unpaired) electrons. The molecule has 0 spiro atoms. The van der Waals surface area contributed by atoms with Crippen LogP contribution in [0.2, 0.25) is 0 Å². The topological polar surface area (TPSA) is 0 Å². The van der Waals surface area contributed by atoms with Crippen LogP contribution in [0.5, 0.6) is 0 Å². The minimum atomic E-state index is 0.259. The fourth-order valence-electron chi connectivity index (χ4n) is 1.51. The van der Waals surface area contributed by atoms with Crippen molar-refractivity contribution in [2.24, 2.45) is 10.8 Å². The summed E-state index contributed by atoms with van der Waals surface area (Å²) in [5.74, 6) is 0. The fraction of sp³-hybridized carbons (Fsp3) is 0.625. The summed E-state index contributed by atoms with van der Waals surface area (Å²) in [6, 6.07) is 0. The molecule has 0 unspecified atom stereocenters. The monoisotopic (exact) mass is 220 g/mol. The summed E-state index contributed by atoms with van der Waals surface area (Å²) in [5, 5.41) is 0. The highest BCUT2D eigenvalue weighted by molar-refractivity contribution is 5.29. The van der Waals surface area contributed by atoms with E-state index >= 15 is 0 Å². The van der Waals surface area contributed by atoms with E-state index in [-0.39, 0.29) is 10.8 Å². The van der Waals surface area contributed by atoms with Crippen molar-refractivity contribution < 1.29 is 0 Å². The van der Waals surface area contributed by atoms with Gasteiger partial charge in [-0.25, -0.2) is 0 Å². The summed E-state index contributed by atoms with van der Waals surface area (Å²) in [5.41, 5.74) is 3.17. The first-order chi connectivity index (χ1) is 6.99. The van der Waals surface area contributed by atoms with Crippen LogP contribution in [0.4, 0.5) is 0 Å². The molecule has 0 atom stereocenters. The lowest BCUT2D eigenvalue weighted by Gasteiger charge is -2.13. The predicted octanol–water partition coefficient (Wildman–Crippen LogP) is 5.53. The number of hydrogen-bond acceptors (Lipinski definition) is 0. The Morgan fingerprint density at radius 3 is 1.62 bits per heavy atom. The summed E-state index contributed by atoms with van der Waals surface area (Å²) in [6.07, 6.45) is 9.01. The molecule has 0 aliphatic heterocycles. The minimum Gasteiger partial charge on any atom is -0.0789 e. The summed E-state index contributed by atoms with van der Waals surface area (Å²) in [7, 11) is 0. The van der Waals surface area contributed by atoms with E-state index in [2.05, 4.69) is 79.7 Å². The molecule has 0 fully saturated rings. The largest absolute Gasteiger partial charge is 0.0789 e. The van der Waals surface area contributed by atoms with Crippen molar-refractivity contribution in [3.05, 3.63) is 35.5 Å². The van der Waals surface area contributed by atoms with Crippen LogP contribution in [0.1, 0.15) is 55.4 Å². The van der Waals surface area contributed by atoms with Crippen LogP contribution < -0.4 is 0 Å². The summed E-state index contributed by atoms with van der Waals surface area (Å²) in [6.45, 7) is 17.7. The molecule has 0 bridgehead atoms. The van der Waals surface area contributed by atoms with Gasteiger partial charge in [-0.1, -0.05) is 77.0 Å². The Morgan fingerprint density at radius 2 is 1.25 bits per heavy atom. The molecule has 0 heteroatoms. The van der Waals surface area contributed by atoms with Crippen LogP contribution in [0.3, 0.4) is 0 Å². The Labute approximate surface area is 102 Å². The third kappa shape index (κ3) is 9.76. The molecule has 16 heavy (non-hydrogen) atoms. The molecule has 0 N–H and O–H groups in total. The SMILES string of the molecule is CC(/C=C/C(C)(C)C)=C\C(C)=C\C(C)(C)C. The van der Waals surface area contributed by atoms with Gasteiger partial charge in [-0.05, 0) is 24.7 Å². The van der Waals surface area contributed by atoms with Crippen molar-refractivity contribution in [1.29, 1.82) is 0 Å².